The largest absolute Gasteiger partial charge is 0.409 e. The molecule has 0 spiro atoms. The van der Waals surface area contributed by atoms with Crippen molar-refractivity contribution in [2.24, 2.45) is 16.3 Å². The van der Waals surface area contributed by atoms with Crippen LogP contribution in [0, 0.1) is 5.41 Å². The molecule has 0 unspecified atom stereocenters. The average molecular weight is 261 g/mol. The van der Waals surface area contributed by atoms with Crippen molar-refractivity contribution >= 4 is 17.4 Å². The molecule has 0 radical (unpaired) electrons. The van der Waals surface area contributed by atoms with E-state index in [-0.39, 0.29) is 11.7 Å². The van der Waals surface area contributed by atoms with Crippen molar-refractivity contribution in [3.05, 3.63) is 29.8 Å². The summed E-state index contributed by atoms with van der Waals surface area (Å²) in [6.07, 6.45) is 3.13. The number of hydrogen-bond donors (Lipinski definition) is 3. The normalized spacial score (nSPS) is 17.6. The number of hydrogen-bond acceptors (Lipinski definition) is 3. The van der Waals surface area contributed by atoms with E-state index >= 15 is 0 Å². The summed E-state index contributed by atoms with van der Waals surface area (Å²) >= 11 is 0. The fourth-order valence-corrected chi connectivity index (χ4v) is 2.30. The van der Waals surface area contributed by atoms with Gasteiger partial charge in [-0.2, -0.15) is 0 Å². The Balaban J connectivity index is 2.11. The van der Waals surface area contributed by atoms with E-state index < -0.39 is 5.41 Å². The summed E-state index contributed by atoms with van der Waals surface area (Å²) in [5, 5.41) is 14.6. The minimum Gasteiger partial charge on any atom is -0.409 e. The molecular formula is C14H19N3O2. The summed E-state index contributed by atoms with van der Waals surface area (Å²) in [5.74, 6) is -0.195. The van der Waals surface area contributed by atoms with E-state index in [0.717, 1.165) is 18.5 Å². The van der Waals surface area contributed by atoms with Gasteiger partial charge in [0.15, 0.2) is 5.84 Å². The van der Waals surface area contributed by atoms with Gasteiger partial charge in [-0.15, -0.1) is 0 Å². The summed E-state index contributed by atoms with van der Waals surface area (Å²) in [6.45, 7) is 2.08. The number of benzene rings is 1. The number of amides is 1. The predicted molar refractivity (Wildman–Crippen MR) is 74.1 cm³/mol. The van der Waals surface area contributed by atoms with Crippen molar-refractivity contribution in [2.75, 3.05) is 5.32 Å². The van der Waals surface area contributed by atoms with Crippen LogP contribution >= 0.6 is 0 Å². The van der Waals surface area contributed by atoms with E-state index in [0.29, 0.717) is 12.8 Å². The van der Waals surface area contributed by atoms with Gasteiger partial charge in [0, 0.05) is 5.69 Å². The number of anilines is 1. The summed E-state index contributed by atoms with van der Waals surface area (Å²) in [7, 11) is 0. The molecular weight excluding hydrogens is 242 g/mol. The third-order valence-corrected chi connectivity index (χ3v) is 3.86. The van der Waals surface area contributed by atoms with Crippen LogP contribution in [0.2, 0.25) is 0 Å². The SMILES string of the molecule is CCc1ccc(NC(=O)C2(/C(N)=N/O)CCC2)cc1. The van der Waals surface area contributed by atoms with Gasteiger partial charge in [-0.25, -0.2) is 0 Å². The van der Waals surface area contributed by atoms with Gasteiger partial charge in [-0.3, -0.25) is 4.79 Å². The summed E-state index contributed by atoms with van der Waals surface area (Å²) in [4.78, 5) is 12.3. The molecule has 5 heteroatoms. The first-order valence-corrected chi connectivity index (χ1v) is 6.51. The number of carbonyl (C=O) groups excluding carboxylic acids is 1. The Kier molecular flexibility index (Phi) is 3.74. The van der Waals surface area contributed by atoms with Crippen molar-refractivity contribution < 1.29 is 10.0 Å². The lowest BCUT2D eigenvalue weighted by Crippen LogP contribution is -2.51. The number of nitrogens with zero attached hydrogens (tertiary/aromatic N) is 1. The lowest BCUT2D eigenvalue weighted by atomic mass is 9.67. The van der Waals surface area contributed by atoms with Gasteiger partial charge < -0.3 is 16.3 Å². The molecule has 1 aromatic rings. The Labute approximate surface area is 112 Å². The second kappa shape index (κ2) is 5.30. The first-order valence-electron chi connectivity index (χ1n) is 6.51. The fraction of sp³-hybridized carbons (Fsp3) is 0.429. The van der Waals surface area contributed by atoms with Crippen LogP contribution < -0.4 is 11.1 Å². The first kappa shape index (κ1) is 13.4. The lowest BCUT2D eigenvalue weighted by Gasteiger charge is -2.38. The highest BCUT2D eigenvalue weighted by Gasteiger charge is 2.48. The summed E-state index contributed by atoms with van der Waals surface area (Å²) in [5.41, 5.74) is 6.77. The molecule has 1 amide bonds. The van der Waals surface area contributed by atoms with Crippen molar-refractivity contribution in [2.45, 2.75) is 32.6 Å². The Hall–Kier alpha value is -2.04. The third kappa shape index (κ3) is 2.41. The van der Waals surface area contributed by atoms with Gasteiger partial charge in [0.1, 0.15) is 5.41 Å². The molecule has 0 saturated heterocycles. The smallest absolute Gasteiger partial charge is 0.238 e. The Morgan fingerprint density at radius 3 is 2.47 bits per heavy atom. The topological polar surface area (TPSA) is 87.7 Å². The van der Waals surface area contributed by atoms with Gasteiger partial charge in [0.2, 0.25) is 5.91 Å². The standard InChI is InChI=1S/C14H19N3O2/c1-2-10-4-6-11(7-5-10)16-13(18)14(8-3-9-14)12(15)17-19/h4-7,19H,2-3,8-9H2,1H3,(H2,15,17)(H,16,18). The van der Waals surface area contributed by atoms with Crippen LogP contribution in [0.4, 0.5) is 5.69 Å². The van der Waals surface area contributed by atoms with E-state index in [9.17, 15) is 4.79 Å². The molecule has 1 aliphatic rings. The maximum absolute atomic E-state index is 12.3. The Morgan fingerprint density at radius 1 is 1.42 bits per heavy atom. The molecule has 1 fully saturated rings. The molecule has 1 saturated carbocycles. The molecule has 0 bridgehead atoms. The van der Waals surface area contributed by atoms with Crippen molar-refractivity contribution in [1.29, 1.82) is 0 Å². The fourth-order valence-electron chi connectivity index (χ4n) is 2.30. The van der Waals surface area contributed by atoms with Gasteiger partial charge in [-0.05, 0) is 37.0 Å². The monoisotopic (exact) mass is 261 g/mol. The molecule has 2 rings (SSSR count). The number of carbonyl (C=O) groups is 1. The van der Waals surface area contributed by atoms with Crippen LogP contribution in [-0.2, 0) is 11.2 Å². The minimum atomic E-state index is -0.835. The first-order chi connectivity index (χ1) is 9.12. The third-order valence-electron chi connectivity index (χ3n) is 3.86. The lowest BCUT2D eigenvalue weighted by molar-refractivity contribution is -0.125. The van der Waals surface area contributed by atoms with Crippen molar-refractivity contribution in [1.82, 2.24) is 0 Å². The van der Waals surface area contributed by atoms with Gasteiger partial charge >= 0.3 is 0 Å². The van der Waals surface area contributed by atoms with E-state index in [4.69, 9.17) is 10.9 Å². The van der Waals surface area contributed by atoms with Crippen LogP contribution in [-0.4, -0.2) is 17.0 Å². The van der Waals surface area contributed by atoms with E-state index in [1.807, 2.05) is 24.3 Å². The van der Waals surface area contributed by atoms with E-state index in [1.165, 1.54) is 5.56 Å². The second-order valence-electron chi connectivity index (χ2n) is 4.93. The molecule has 5 nitrogen and oxygen atoms in total. The van der Waals surface area contributed by atoms with Gasteiger partial charge in [0.25, 0.3) is 0 Å². The molecule has 0 aliphatic heterocycles. The molecule has 0 atom stereocenters. The highest BCUT2D eigenvalue weighted by atomic mass is 16.4. The molecule has 0 heterocycles. The van der Waals surface area contributed by atoms with Gasteiger partial charge in [0.05, 0.1) is 0 Å². The number of rotatable bonds is 4. The minimum absolute atomic E-state index is 0.00132. The maximum Gasteiger partial charge on any atom is 0.238 e. The number of amidine groups is 1. The zero-order valence-corrected chi connectivity index (χ0v) is 11.0. The highest BCUT2D eigenvalue weighted by molar-refractivity contribution is 6.12. The van der Waals surface area contributed by atoms with Crippen molar-refractivity contribution in [3.8, 4) is 0 Å². The molecule has 1 aliphatic carbocycles. The highest BCUT2D eigenvalue weighted by Crippen LogP contribution is 2.42. The number of nitrogens with one attached hydrogen (secondary N) is 1. The van der Waals surface area contributed by atoms with Crippen molar-refractivity contribution in [3.63, 3.8) is 0 Å². The van der Waals surface area contributed by atoms with Crippen LogP contribution in [0.1, 0.15) is 31.7 Å². The Morgan fingerprint density at radius 2 is 2.05 bits per heavy atom. The Bertz CT molecular complexity index is 490. The maximum atomic E-state index is 12.3. The van der Waals surface area contributed by atoms with E-state index in [1.54, 1.807) is 0 Å². The number of oxime groups is 1. The summed E-state index contributed by atoms with van der Waals surface area (Å²) in [6, 6.07) is 7.70. The molecule has 0 aromatic heterocycles. The predicted octanol–water partition coefficient (Wildman–Crippen LogP) is 2.10. The zero-order valence-electron chi connectivity index (χ0n) is 11.0. The van der Waals surface area contributed by atoms with E-state index in [2.05, 4.69) is 17.4 Å². The zero-order chi connectivity index (χ0) is 13.9. The van der Waals surface area contributed by atoms with Crippen LogP contribution in [0.15, 0.2) is 29.4 Å². The number of aryl methyl sites for hydroxylation is 1. The average Bonchev–Trinajstić information content (AvgIpc) is 2.38. The van der Waals surface area contributed by atoms with Crippen LogP contribution in [0.5, 0.6) is 0 Å². The molecule has 19 heavy (non-hydrogen) atoms. The molecule has 102 valence electrons. The second-order valence-corrected chi connectivity index (χ2v) is 4.93. The van der Waals surface area contributed by atoms with Gasteiger partial charge in [-0.1, -0.05) is 30.6 Å². The van der Waals surface area contributed by atoms with Crippen LogP contribution in [0.3, 0.4) is 0 Å². The van der Waals surface area contributed by atoms with Crippen LogP contribution in [0.25, 0.3) is 0 Å². The molecule has 4 N–H and O–H groups in total. The molecule has 1 aromatic carbocycles. The number of nitrogens with two attached hydrogens (primary N) is 1. The quantitative estimate of drug-likeness (QED) is 0.336. The summed E-state index contributed by atoms with van der Waals surface area (Å²) < 4.78 is 0.